The second kappa shape index (κ2) is 12.3. The molecule has 3 rings (SSSR count). The standard InChI is InChI=1S/C24H40N4O2.HI/c1-19(2)17-30-22-8-6-20(7-9-22)24(3,4)18-26-23(25-5)28-11-10-21(16-28)27-12-14-29-15-13-27;/h6-9,19,21H,10-18H2,1-5H3,(H,25,26);1H. The Morgan fingerprint density at radius 2 is 1.87 bits per heavy atom. The summed E-state index contributed by atoms with van der Waals surface area (Å²) in [5.41, 5.74) is 1.30. The Balaban J connectivity index is 0.00000341. The maximum atomic E-state index is 5.82. The molecule has 1 unspecified atom stereocenters. The largest absolute Gasteiger partial charge is 0.493 e. The van der Waals surface area contributed by atoms with E-state index in [-0.39, 0.29) is 29.4 Å². The molecule has 0 radical (unpaired) electrons. The number of nitrogens with zero attached hydrogens (tertiary/aromatic N) is 3. The second-order valence-electron chi connectivity index (χ2n) is 9.55. The summed E-state index contributed by atoms with van der Waals surface area (Å²) in [6.07, 6.45) is 1.20. The van der Waals surface area contributed by atoms with Gasteiger partial charge in [0, 0.05) is 51.2 Å². The molecule has 2 aliphatic rings. The van der Waals surface area contributed by atoms with E-state index in [0.29, 0.717) is 12.0 Å². The summed E-state index contributed by atoms with van der Waals surface area (Å²) in [7, 11) is 1.89. The summed E-state index contributed by atoms with van der Waals surface area (Å²) in [5, 5.41) is 3.63. The van der Waals surface area contributed by atoms with Crippen LogP contribution < -0.4 is 10.1 Å². The number of likely N-dealkylation sites (tertiary alicyclic amines) is 1. The van der Waals surface area contributed by atoms with Gasteiger partial charge in [-0.1, -0.05) is 39.8 Å². The number of nitrogens with one attached hydrogen (secondary N) is 1. The van der Waals surface area contributed by atoms with Gasteiger partial charge in [0.2, 0.25) is 0 Å². The quantitative estimate of drug-likeness (QED) is 0.323. The molecule has 0 bridgehead atoms. The van der Waals surface area contributed by atoms with Crippen molar-refractivity contribution < 1.29 is 9.47 Å². The SMILES string of the molecule is CN=C(NCC(C)(C)c1ccc(OCC(C)C)cc1)N1CCC(N2CCOCC2)C1.I. The zero-order valence-corrected chi connectivity index (χ0v) is 22.2. The van der Waals surface area contributed by atoms with Crippen LogP contribution in [-0.4, -0.2) is 81.4 Å². The Labute approximate surface area is 205 Å². The predicted molar refractivity (Wildman–Crippen MR) is 139 cm³/mol. The molecule has 0 aromatic heterocycles. The lowest BCUT2D eigenvalue weighted by molar-refractivity contribution is 0.0195. The van der Waals surface area contributed by atoms with Crippen molar-refractivity contribution in [1.29, 1.82) is 0 Å². The number of halogens is 1. The van der Waals surface area contributed by atoms with E-state index in [1.54, 1.807) is 0 Å². The molecular weight excluding hydrogens is 503 g/mol. The number of ether oxygens (including phenoxy) is 2. The van der Waals surface area contributed by atoms with Crippen LogP contribution in [0.4, 0.5) is 0 Å². The average Bonchev–Trinajstić information content (AvgIpc) is 3.24. The van der Waals surface area contributed by atoms with Gasteiger partial charge >= 0.3 is 0 Å². The van der Waals surface area contributed by atoms with Gasteiger partial charge < -0.3 is 19.7 Å². The fourth-order valence-corrected chi connectivity index (χ4v) is 4.17. The van der Waals surface area contributed by atoms with Crippen molar-refractivity contribution in [2.45, 2.75) is 45.6 Å². The first-order chi connectivity index (χ1) is 14.4. The second-order valence-corrected chi connectivity index (χ2v) is 9.55. The van der Waals surface area contributed by atoms with E-state index in [0.717, 1.165) is 64.3 Å². The van der Waals surface area contributed by atoms with Gasteiger partial charge in [-0.15, -0.1) is 24.0 Å². The van der Waals surface area contributed by atoms with Crippen molar-refractivity contribution in [1.82, 2.24) is 15.1 Å². The summed E-state index contributed by atoms with van der Waals surface area (Å²) in [4.78, 5) is 9.54. The van der Waals surface area contributed by atoms with Crippen molar-refractivity contribution in [3.63, 3.8) is 0 Å². The predicted octanol–water partition coefficient (Wildman–Crippen LogP) is 3.60. The monoisotopic (exact) mass is 544 g/mol. The first-order valence-corrected chi connectivity index (χ1v) is 11.4. The molecule has 1 N–H and O–H groups in total. The first kappa shape index (κ1) is 26.2. The number of aliphatic imine (C=N–C) groups is 1. The molecule has 2 heterocycles. The number of guanidine groups is 1. The normalized spacial score (nSPS) is 20.6. The van der Waals surface area contributed by atoms with Gasteiger partial charge in [-0.3, -0.25) is 9.89 Å². The number of benzene rings is 1. The number of rotatable bonds is 7. The van der Waals surface area contributed by atoms with Crippen molar-refractivity contribution in [2.75, 3.05) is 59.6 Å². The van der Waals surface area contributed by atoms with E-state index in [4.69, 9.17) is 9.47 Å². The molecule has 0 spiro atoms. The maximum Gasteiger partial charge on any atom is 0.193 e. The molecule has 176 valence electrons. The maximum absolute atomic E-state index is 5.82. The van der Waals surface area contributed by atoms with Crippen molar-refractivity contribution >= 4 is 29.9 Å². The molecular formula is C24H41IN4O2. The Hall–Kier alpha value is -1.06. The lowest BCUT2D eigenvalue weighted by atomic mass is 9.84. The van der Waals surface area contributed by atoms with Crippen LogP contribution in [0.2, 0.25) is 0 Å². The molecule has 0 aliphatic carbocycles. The van der Waals surface area contributed by atoms with Crippen LogP contribution in [0, 0.1) is 5.92 Å². The molecule has 1 aromatic carbocycles. The fraction of sp³-hybridized carbons (Fsp3) is 0.708. The molecule has 1 aromatic rings. The van der Waals surface area contributed by atoms with Gasteiger partial charge in [-0.2, -0.15) is 0 Å². The summed E-state index contributed by atoms with van der Waals surface area (Å²) in [6, 6.07) is 9.15. The molecule has 1 atom stereocenters. The number of hydrogen-bond acceptors (Lipinski definition) is 4. The minimum absolute atomic E-state index is 0. The van der Waals surface area contributed by atoms with Gasteiger partial charge in [0.25, 0.3) is 0 Å². The van der Waals surface area contributed by atoms with Crippen LogP contribution in [0.15, 0.2) is 29.3 Å². The summed E-state index contributed by atoms with van der Waals surface area (Å²) >= 11 is 0. The van der Waals surface area contributed by atoms with Crippen LogP contribution in [0.1, 0.15) is 39.7 Å². The Bertz CT molecular complexity index is 687. The zero-order valence-electron chi connectivity index (χ0n) is 19.9. The molecule has 31 heavy (non-hydrogen) atoms. The Morgan fingerprint density at radius 1 is 1.19 bits per heavy atom. The van der Waals surface area contributed by atoms with Gasteiger partial charge in [-0.05, 0) is 30.0 Å². The summed E-state index contributed by atoms with van der Waals surface area (Å²) in [5.74, 6) is 2.49. The van der Waals surface area contributed by atoms with Crippen LogP contribution >= 0.6 is 24.0 Å². The molecule has 0 saturated carbocycles. The minimum Gasteiger partial charge on any atom is -0.493 e. The van der Waals surface area contributed by atoms with Gasteiger partial charge in [0.15, 0.2) is 5.96 Å². The lowest BCUT2D eigenvalue weighted by Gasteiger charge is -2.33. The Kier molecular flexibility index (Phi) is 10.4. The molecule has 6 nitrogen and oxygen atoms in total. The van der Waals surface area contributed by atoms with Gasteiger partial charge in [0.05, 0.1) is 19.8 Å². The van der Waals surface area contributed by atoms with E-state index < -0.39 is 0 Å². The smallest absolute Gasteiger partial charge is 0.193 e. The van der Waals surface area contributed by atoms with Crippen LogP contribution in [0.5, 0.6) is 5.75 Å². The van der Waals surface area contributed by atoms with Gasteiger partial charge in [-0.25, -0.2) is 0 Å². The average molecular weight is 545 g/mol. The highest BCUT2D eigenvalue weighted by Crippen LogP contribution is 2.25. The van der Waals surface area contributed by atoms with Crippen LogP contribution in [0.3, 0.4) is 0 Å². The van der Waals surface area contributed by atoms with Crippen molar-refractivity contribution in [2.24, 2.45) is 10.9 Å². The van der Waals surface area contributed by atoms with E-state index in [9.17, 15) is 0 Å². The summed E-state index contributed by atoms with van der Waals surface area (Å²) < 4.78 is 11.3. The summed E-state index contributed by atoms with van der Waals surface area (Å²) in [6.45, 7) is 16.4. The highest BCUT2D eigenvalue weighted by atomic mass is 127. The Morgan fingerprint density at radius 3 is 2.48 bits per heavy atom. The van der Waals surface area contributed by atoms with E-state index in [2.05, 4.69) is 72.1 Å². The molecule has 0 amide bonds. The third kappa shape index (κ3) is 7.49. The topological polar surface area (TPSA) is 49.3 Å². The van der Waals surface area contributed by atoms with E-state index in [1.165, 1.54) is 12.0 Å². The zero-order chi connectivity index (χ0) is 21.6. The van der Waals surface area contributed by atoms with Crippen LogP contribution in [0.25, 0.3) is 0 Å². The van der Waals surface area contributed by atoms with Crippen molar-refractivity contribution in [3.05, 3.63) is 29.8 Å². The molecule has 2 aliphatic heterocycles. The molecule has 7 heteroatoms. The highest BCUT2D eigenvalue weighted by molar-refractivity contribution is 14.0. The van der Waals surface area contributed by atoms with Gasteiger partial charge in [0.1, 0.15) is 5.75 Å². The van der Waals surface area contributed by atoms with Crippen molar-refractivity contribution in [3.8, 4) is 5.75 Å². The van der Waals surface area contributed by atoms with E-state index in [1.807, 2.05) is 7.05 Å². The fourth-order valence-electron chi connectivity index (χ4n) is 4.17. The molecule has 2 fully saturated rings. The number of hydrogen-bond donors (Lipinski definition) is 1. The lowest BCUT2D eigenvalue weighted by Crippen LogP contribution is -2.48. The highest BCUT2D eigenvalue weighted by Gasteiger charge is 2.31. The third-order valence-electron chi connectivity index (χ3n) is 6.14. The van der Waals surface area contributed by atoms with E-state index >= 15 is 0 Å². The third-order valence-corrected chi connectivity index (χ3v) is 6.14. The first-order valence-electron chi connectivity index (χ1n) is 11.4. The van der Waals surface area contributed by atoms with Crippen LogP contribution in [-0.2, 0) is 10.2 Å². The minimum atomic E-state index is -0.00411. The number of morpholine rings is 1. The molecule has 2 saturated heterocycles.